The van der Waals surface area contributed by atoms with Crippen LogP contribution < -0.4 is 4.87 Å². The van der Waals surface area contributed by atoms with Crippen LogP contribution in [-0.2, 0) is 12.3 Å². The summed E-state index contributed by atoms with van der Waals surface area (Å²) in [6.45, 7) is 2.46. The maximum atomic E-state index is 12.7. The van der Waals surface area contributed by atoms with E-state index in [-0.39, 0.29) is 4.87 Å². The zero-order chi connectivity index (χ0) is 21.2. The molecular formula is C24H20N4OS2. The fourth-order valence-corrected chi connectivity index (χ4v) is 5.29. The fraction of sp³-hybridized carbons (Fsp3) is 0.125. The quantitative estimate of drug-likeness (QED) is 0.334. The first-order chi connectivity index (χ1) is 15.2. The Morgan fingerprint density at radius 1 is 0.903 bits per heavy atom. The summed E-state index contributed by atoms with van der Waals surface area (Å²) in [7, 11) is 0. The molecule has 0 saturated carbocycles. The summed E-state index contributed by atoms with van der Waals surface area (Å²) in [6.07, 6.45) is 0. The Morgan fingerprint density at radius 2 is 1.65 bits per heavy atom. The zero-order valence-electron chi connectivity index (χ0n) is 16.9. The van der Waals surface area contributed by atoms with Crippen LogP contribution in [0.2, 0.25) is 0 Å². The molecule has 0 radical (unpaired) electrons. The topological polar surface area (TPSA) is 52.7 Å². The van der Waals surface area contributed by atoms with Gasteiger partial charge in [-0.1, -0.05) is 83.3 Å². The summed E-state index contributed by atoms with van der Waals surface area (Å²) >= 11 is 2.91. The lowest BCUT2D eigenvalue weighted by Crippen LogP contribution is -2.16. The van der Waals surface area contributed by atoms with E-state index in [1.807, 2.05) is 54.6 Å². The zero-order valence-corrected chi connectivity index (χ0v) is 18.6. The summed E-state index contributed by atoms with van der Waals surface area (Å²) in [5.74, 6) is 1.54. The predicted octanol–water partition coefficient (Wildman–Crippen LogP) is 5.29. The molecule has 3 aromatic carbocycles. The monoisotopic (exact) mass is 444 g/mol. The molecule has 0 fully saturated rings. The minimum atomic E-state index is 0.0117. The van der Waals surface area contributed by atoms with Crippen molar-refractivity contribution in [1.82, 2.24) is 19.3 Å². The summed E-state index contributed by atoms with van der Waals surface area (Å²) < 4.78 is 4.81. The van der Waals surface area contributed by atoms with Crippen LogP contribution in [0.1, 0.15) is 17.0 Å². The molecule has 154 valence electrons. The molecule has 0 atom stereocenters. The summed E-state index contributed by atoms with van der Waals surface area (Å²) in [4.78, 5) is 12.7. The number of hydrogen-bond donors (Lipinski definition) is 0. The lowest BCUT2D eigenvalue weighted by atomic mass is 10.2. The highest BCUT2D eigenvalue weighted by molar-refractivity contribution is 7.98. The SMILES string of the molecule is Cc1ccc(CSc2nnc(Cn3c(=O)sc4ccccc43)n2-c2ccccc2)cc1. The minimum absolute atomic E-state index is 0.0117. The van der Waals surface area contributed by atoms with Crippen LogP contribution in [-0.4, -0.2) is 19.3 Å². The molecule has 5 aromatic rings. The largest absolute Gasteiger partial charge is 0.308 e. The van der Waals surface area contributed by atoms with Gasteiger partial charge in [-0.05, 0) is 36.8 Å². The maximum Gasteiger partial charge on any atom is 0.308 e. The summed E-state index contributed by atoms with van der Waals surface area (Å²) in [5, 5.41) is 9.77. The van der Waals surface area contributed by atoms with E-state index in [1.54, 1.807) is 16.3 Å². The van der Waals surface area contributed by atoms with Crippen molar-refractivity contribution in [2.75, 3.05) is 0 Å². The number of fused-ring (bicyclic) bond motifs is 1. The van der Waals surface area contributed by atoms with Crippen LogP contribution in [0.3, 0.4) is 0 Å². The molecule has 2 aromatic heterocycles. The van der Waals surface area contributed by atoms with Gasteiger partial charge in [0.25, 0.3) is 0 Å². The average Bonchev–Trinajstić information content (AvgIpc) is 3.34. The third kappa shape index (κ3) is 4.06. The van der Waals surface area contributed by atoms with E-state index < -0.39 is 0 Å². The normalized spacial score (nSPS) is 11.3. The second-order valence-corrected chi connectivity index (χ2v) is 9.20. The van der Waals surface area contributed by atoms with Gasteiger partial charge in [0.05, 0.1) is 16.8 Å². The lowest BCUT2D eigenvalue weighted by molar-refractivity contribution is 0.726. The fourth-order valence-electron chi connectivity index (χ4n) is 3.47. The number of aryl methyl sites for hydroxylation is 1. The van der Waals surface area contributed by atoms with Gasteiger partial charge in [-0.2, -0.15) is 0 Å². The first kappa shape index (κ1) is 19.8. The van der Waals surface area contributed by atoms with Crippen LogP contribution in [0.4, 0.5) is 0 Å². The van der Waals surface area contributed by atoms with E-state index in [1.165, 1.54) is 22.5 Å². The van der Waals surface area contributed by atoms with Crippen molar-refractivity contribution >= 4 is 33.3 Å². The second-order valence-electron chi connectivity index (χ2n) is 7.27. The highest BCUT2D eigenvalue weighted by Crippen LogP contribution is 2.26. The van der Waals surface area contributed by atoms with Crippen molar-refractivity contribution in [3.63, 3.8) is 0 Å². The molecular weight excluding hydrogens is 424 g/mol. The van der Waals surface area contributed by atoms with Crippen molar-refractivity contribution < 1.29 is 0 Å². The molecule has 0 N–H and O–H groups in total. The summed E-state index contributed by atoms with van der Waals surface area (Å²) in [5.41, 5.74) is 4.40. The van der Waals surface area contributed by atoms with E-state index in [0.29, 0.717) is 6.54 Å². The maximum absolute atomic E-state index is 12.7. The van der Waals surface area contributed by atoms with E-state index in [9.17, 15) is 4.79 Å². The Morgan fingerprint density at radius 3 is 2.45 bits per heavy atom. The van der Waals surface area contributed by atoms with Crippen molar-refractivity contribution in [2.45, 2.75) is 24.4 Å². The van der Waals surface area contributed by atoms with Gasteiger partial charge in [0.15, 0.2) is 11.0 Å². The van der Waals surface area contributed by atoms with Crippen LogP contribution in [0, 0.1) is 6.92 Å². The van der Waals surface area contributed by atoms with Gasteiger partial charge in [-0.15, -0.1) is 10.2 Å². The average molecular weight is 445 g/mol. The number of benzene rings is 3. The third-order valence-corrected chi connectivity index (χ3v) is 7.04. The highest BCUT2D eigenvalue weighted by atomic mass is 32.2. The van der Waals surface area contributed by atoms with Crippen LogP contribution in [0.25, 0.3) is 15.9 Å². The second kappa shape index (κ2) is 8.53. The number of para-hydroxylation sites is 2. The molecule has 31 heavy (non-hydrogen) atoms. The van der Waals surface area contributed by atoms with Crippen LogP contribution in [0.15, 0.2) is 88.8 Å². The van der Waals surface area contributed by atoms with Crippen molar-refractivity contribution in [3.05, 3.63) is 105 Å². The number of thiazole rings is 1. The van der Waals surface area contributed by atoms with Crippen LogP contribution >= 0.6 is 23.1 Å². The van der Waals surface area contributed by atoms with Gasteiger partial charge in [-0.3, -0.25) is 13.9 Å². The van der Waals surface area contributed by atoms with Gasteiger partial charge >= 0.3 is 4.87 Å². The molecule has 7 heteroatoms. The molecule has 0 aliphatic rings. The first-order valence-electron chi connectivity index (χ1n) is 9.95. The molecule has 5 nitrogen and oxygen atoms in total. The first-order valence-corrected chi connectivity index (χ1v) is 11.8. The van der Waals surface area contributed by atoms with Gasteiger partial charge < -0.3 is 0 Å². The Kier molecular flexibility index (Phi) is 5.44. The van der Waals surface area contributed by atoms with Crippen LogP contribution in [0.5, 0.6) is 0 Å². The van der Waals surface area contributed by atoms with E-state index in [0.717, 1.165) is 32.6 Å². The molecule has 0 amide bonds. The van der Waals surface area contributed by atoms with Gasteiger partial charge in [0, 0.05) is 11.4 Å². The Bertz CT molecular complexity index is 1380. The Hall–Kier alpha value is -3.16. The number of aromatic nitrogens is 4. The molecule has 2 heterocycles. The summed E-state index contributed by atoms with van der Waals surface area (Å²) in [6, 6.07) is 26.5. The van der Waals surface area contributed by atoms with Gasteiger partial charge in [0.2, 0.25) is 0 Å². The lowest BCUT2D eigenvalue weighted by Gasteiger charge is -2.11. The predicted molar refractivity (Wildman–Crippen MR) is 127 cm³/mol. The number of thioether (sulfide) groups is 1. The minimum Gasteiger partial charge on any atom is -0.291 e. The van der Waals surface area contributed by atoms with Gasteiger partial charge in [-0.25, -0.2) is 0 Å². The molecule has 0 unspecified atom stereocenters. The van der Waals surface area contributed by atoms with E-state index >= 15 is 0 Å². The number of hydrogen-bond acceptors (Lipinski definition) is 5. The Balaban J connectivity index is 1.52. The van der Waals surface area contributed by atoms with Gasteiger partial charge in [0.1, 0.15) is 0 Å². The molecule has 0 aliphatic heterocycles. The molecule has 0 saturated heterocycles. The Labute approximate surface area is 188 Å². The van der Waals surface area contributed by atoms with E-state index in [2.05, 4.69) is 46.0 Å². The third-order valence-electron chi connectivity index (χ3n) is 5.08. The highest BCUT2D eigenvalue weighted by Gasteiger charge is 2.17. The number of rotatable bonds is 6. The smallest absolute Gasteiger partial charge is 0.291 e. The molecule has 0 bridgehead atoms. The van der Waals surface area contributed by atoms with Crippen molar-refractivity contribution in [3.8, 4) is 5.69 Å². The molecule has 0 aliphatic carbocycles. The number of nitrogens with zero attached hydrogens (tertiary/aromatic N) is 4. The van der Waals surface area contributed by atoms with Crippen molar-refractivity contribution in [1.29, 1.82) is 0 Å². The van der Waals surface area contributed by atoms with Crippen molar-refractivity contribution in [2.24, 2.45) is 0 Å². The molecule has 0 spiro atoms. The van der Waals surface area contributed by atoms with E-state index in [4.69, 9.17) is 0 Å². The molecule has 5 rings (SSSR count). The standard InChI is InChI=1S/C24H20N4OS2/c1-17-11-13-18(14-12-17)16-30-23-26-25-22(28(23)19-7-3-2-4-8-19)15-27-20-9-5-6-10-21(20)31-24(27)29/h2-14H,15-16H2,1H3.